The van der Waals surface area contributed by atoms with Crippen LogP contribution in [0.2, 0.25) is 0 Å². The van der Waals surface area contributed by atoms with Crippen LogP contribution in [0.15, 0.2) is 48.5 Å². The fourth-order valence-electron chi connectivity index (χ4n) is 3.08. The Morgan fingerprint density at radius 2 is 1.78 bits per heavy atom. The molecule has 0 aromatic heterocycles. The topological polar surface area (TPSA) is 58.6 Å². The zero-order chi connectivity index (χ0) is 19.2. The molecule has 3 rings (SSSR count). The summed E-state index contributed by atoms with van der Waals surface area (Å²) in [6, 6.07) is 12.5. The molecule has 6 heteroatoms. The second kappa shape index (κ2) is 8.66. The minimum Gasteiger partial charge on any atom is -0.481 e. The van der Waals surface area contributed by atoms with Crippen LogP contribution >= 0.6 is 0 Å². The Bertz CT molecular complexity index is 801. The highest BCUT2D eigenvalue weighted by molar-refractivity contribution is 6.04. The van der Waals surface area contributed by atoms with Crippen LogP contribution in [0.25, 0.3) is 0 Å². The van der Waals surface area contributed by atoms with Gasteiger partial charge in [0, 0.05) is 13.1 Å². The van der Waals surface area contributed by atoms with Crippen LogP contribution < -0.4 is 10.1 Å². The second-order valence-electron chi connectivity index (χ2n) is 6.50. The molecule has 27 heavy (non-hydrogen) atoms. The van der Waals surface area contributed by atoms with Gasteiger partial charge in [-0.05, 0) is 55.7 Å². The van der Waals surface area contributed by atoms with Gasteiger partial charge in [0.2, 0.25) is 0 Å². The predicted octanol–water partition coefficient (Wildman–Crippen LogP) is 3.86. The molecule has 1 N–H and O–H groups in total. The number of amides is 2. The molecule has 1 saturated heterocycles. The number of likely N-dealkylation sites (tertiary alicyclic amines) is 1. The summed E-state index contributed by atoms with van der Waals surface area (Å²) in [7, 11) is 0. The molecule has 0 radical (unpaired) electrons. The molecule has 2 aromatic rings. The number of rotatable bonds is 6. The maximum atomic E-state index is 13.0. The van der Waals surface area contributed by atoms with E-state index in [2.05, 4.69) is 5.32 Å². The fourth-order valence-corrected chi connectivity index (χ4v) is 3.08. The fraction of sp³-hybridized carbons (Fsp3) is 0.333. The minimum atomic E-state index is -0.745. The number of anilines is 1. The number of carbonyl (C=O) groups excluding carboxylic acids is 2. The number of benzene rings is 2. The average molecular weight is 370 g/mol. The molecule has 1 aliphatic heterocycles. The molecule has 2 aromatic carbocycles. The Labute approximate surface area is 158 Å². The molecule has 1 atom stereocenters. The van der Waals surface area contributed by atoms with E-state index >= 15 is 0 Å². The van der Waals surface area contributed by atoms with Gasteiger partial charge in [-0.2, -0.15) is 0 Å². The molecular formula is C21H23FN2O3. The third-order valence-electron chi connectivity index (χ3n) is 4.56. The Morgan fingerprint density at radius 3 is 2.44 bits per heavy atom. The van der Waals surface area contributed by atoms with Crippen molar-refractivity contribution in [3.63, 3.8) is 0 Å². The van der Waals surface area contributed by atoms with Crippen LogP contribution in [0.4, 0.5) is 10.1 Å². The van der Waals surface area contributed by atoms with Crippen molar-refractivity contribution in [2.75, 3.05) is 18.4 Å². The number of nitrogens with one attached hydrogen (secondary N) is 1. The molecule has 0 saturated carbocycles. The lowest BCUT2D eigenvalue weighted by Crippen LogP contribution is -2.34. The minimum absolute atomic E-state index is 0.0732. The summed E-state index contributed by atoms with van der Waals surface area (Å²) in [5, 5.41) is 2.81. The van der Waals surface area contributed by atoms with E-state index in [4.69, 9.17) is 4.74 Å². The first-order valence-corrected chi connectivity index (χ1v) is 9.20. The van der Waals surface area contributed by atoms with Gasteiger partial charge in [-0.25, -0.2) is 4.39 Å². The van der Waals surface area contributed by atoms with Crippen LogP contribution in [0, 0.1) is 5.82 Å². The first-order valence-electron chi connectivity index (χ1n) is 9.20. The summed E-state index contributed by atoms with van der Waals surface area (Å²) in [6.07, 6.45) is 1.70. The maximum absolute atomic E-state index is 13.0. The molecule has 1 aliphatic rings. The lowest BCUT2D eigenvalue weighted by molar-refractivity contribution is -0.122. The first-order chi connectivity index (χ1) is 13.1. The SMILES string of the molecule is CC[C@@H](Oc1ccc(F)cc1)C(=O)Nc1ccccc1C(=O)N1CCCC1. The van der Waals surface area contributed by atoms with Gasteiger partial charge in [-0.3, -0.25) is 9.59 Å². The van der Waals surface area contributed by atoms with E-state index in [0.717, 1.165) is 25.9 Å². The van der Waals surface area contributed by atoms with E-state index in [-0.39, 0.29) is 17.6 Å². The molecule has 1 heterocycles. The number of halogens is 1. The summed E-state index contributed by atoms with van der Waals surface area (Å²) in [6.45, 7) is 3.31. The molecule has 1 fully saturated rings. The van der Waals surface area contributed by atoms with Crippen molar-refractivity contribution in [2.24, 2.45) is 0 Å². The number of ether oxygens (including phenoxy) is 1. The monoisotopic (exact) mass is 370 g/mol. The second-order valence-corrected chi connectivity index (χ2v) is 6.50. The van der Waals surface area contributed by atoms with E-state index in [1.165, 1.54) is 24.3 Å². The van der Waals surface area contributed by atoms with E-state index in [1.54, 1.807) is 29.2 Å². The number of hydrogen-bond donors (Lipinski definition) is 1. The highest BCUT2D eigenvalue weighted by Crippen LogP contribution is 2.21. The van der Waals surface area contributed by atoms with Crippen molar-refractivity contribution < 1.29 is 18.7 Å². The van der Waals surface area contributed by atoms with Gasteiger partial charge in [0.15, 0.2) is 6.10 Å². The average Bonchev–Trinajstić information content (AvgIpc) is 3.22. The molecule has 0 bridgehead atoms. The Balaban J connectivity index is 1.72. The zero-order valence-corrected chi connectivity index (χ0v) is 15.3. The number of nitrogens with zero attached hydrogens (tertiary/aromatic N) is 1. The predicted molar refractivity (Wildman–Crippen MR) is 101 cm³/mol. The standard InChI is InChI=1S/C21H23FN2O3/c1-2-19(27-16-11-9-15(22)10-12-16)20(25)23-18-8-4-3-7-17(18)21(26)24-13-5-6-14-24/h3-4,7-12,19H,2,5-6,13-14H2,1H3,(H,23,25)/t19-/m1/s1. The van der Waals surface area contributed by atoms with Gasteiger partial charge in [-0.1, -0.05) is 19.1 Å². The van der Waals surface area contributed by atoms with Crippen LogP contribution in [-0.4, -0.2) is 35.9 Å². The zero-order valence-electron chi connectivity index (χ0n) is 15.3. The van der Waals surface area contributed by atoms with Crippen molar-refractivity contribution in [2.45, 2.75) is 32.3 Å². The van der Waals surface area contributed by atoms with Gasteiger partial charge in [0.25, 0.3) is 11.8 Å². The molecule has 2 amide bonds. The van der Waals surface area contributed by atoms with Gasteiger partial charge >= 0.3 is 0 Å². The highest BCUT2D eigenvalue weighted by atomic mass is 19.1. The van der Waals surface area contributed by atoms with E-state index in [0.29, 0.717) is 23.4 Å². The molecular weight excluding hydrogens is 347 g/mol. The maximum Gasteiger partial charge on any atom is 0.265 e. The van der Waals surface area contributed by atoms with Gasteiger partial charge in [0.05, 0.1) is 11.3 Å². The van der Waals surface area contributed by atoms with Crippen LogP contribution in [0.3, 0.4) is 0 Å². The van der Waals surface area contributed by atoms with Crippen molar-refractivity contribution in [1.82, 2.24) is 4.90 Å². The van der Waals surface area contributed by atoms with Crippen LogP contribution in [0.5, 0.6) is 5.75 Å². The Morgan fingerprint density at radius 1 is 1.11 bits per heavy atom. The van der Waals surface area contributed by atoms with E-state index < -0.39 is 6.10 Å². The Kier molecular flexibility index (Phi) is 6.06. The smallest absolute Gasteiger partial charge is 0.265 e. The number of carbonyl (C=O) groups is 2. The van der Waals surface area contributed by atoms with Gasteiger partial charge in [0.1, 0.15) is 11.6 Å². The molecule has 0 aliphatic carbocycles. The van der Waals surface area contributed by atoms with Crippen molar-refractivity contribution in [3.05, 3.63) is 59.9 Å². The first kappa shape index (κ1) is 18.9. The molecule has 0 unspecified atom stereocenters. The third kappa shape index (κ3) is 4.64. The van der Waals surface area contributed by atoms with Crippen LogP contribution in [-0.2, 0) is 4.79 Å². The van der Waals surface area contributed by atoms with Gasteiger partial charge in [-0.15, -0.1) is 0 Å². The lowest BCUT2D eigenvalue weighted by atomic mass is 10.1. The summed E-state index contributed by atoms with van der Waals surface area (Å²) >= 11 is 0. The molecule has 0 spiro atoms. The van der Waals surface area contributed by atoms with Crippen molar-refractivity contribution in [3.8, 4) is 5.75 Å². The summed E-state index contributed by atoms with van der Waals surface area (Å²) in [5.74, 6) is -0.367. The highest BCUT2D eigenvalue weighted by Gasteiger charge is 2.24. The summed E-state index contributed by atoms with van der Waals surface area (Å²) in [5.41, 5.74) is 0.949. The third-order valence-corrected chi connectivity index (χ3v) is 4.56. The largest absolute Gasteiger partial charge is 0.481 e. The Hall–Kier alpha value is -2.89. The van der Waals surface area contributed by atoms with Crippen molar-refractivity contribution >= 4 is 17.5 Å². The van der Waals surface area contributed by atoms with Gasteiger partial charge < -0.3 is 15.0 Å². The van der Waals surface area contributed by atoms with Crippen molar-refractivity contribution in [1.29, 1.82) is 0 Å². The normalized spacial score (nSPS) is 14.7. The molecule has 5 nitrogen and oxygen atoms in total. The number of hydrogen-bond acceptors (Lipinski definition) is 3. The summed E-state index contributed by atoms with van der Waals surface area (Å²) in [4.78, 5) is 27.2. The molecule has 142 valence electrons. The van der Waals surface area contributed by atoms with E-state index in [9.17, 15) is 14.0 Å². The van der Waals surface area contributed by atoms with E-state index in [1.807, 2.05) is 6.92 Å². The number of para-hydroxylation sites is 1. The lowest BCUT2D eigenvalue weighted by Gasteiger charge is -2.20. The van der Waals surface area contributed by atoms with Crippen LogP contribution in [0.1, 0.15) is 36.5 Å². The summed E-state index contributed by atoms with van der Waals surface area (Å²) < 4.78 is 18.7. The quantitative estimate of drug-likeness (QED) is 0.840.